The molecule has 2 aromatic carbocycles. The van der Waals surface area contributed by atoms with Gasteiger partial charge < -0.3 is 15.4 Å². The van der Waals surface area contributed by atoms with Crippen molar-refractivity contribution in [3.63, 3.8) is 0 Å². The van der Waals surface area contributed by atoms with E-state index in [4.69, 9.17) is 11.2 Å². The topological polar surface area (TPSA) is 67.4 Å². The smallest absolute Gasteiger partial charge is 0.243 e. The highest BCUT2D eigenvalue weighted by molar-refractivity contribution is 5.96. The second-order valence-electron chi connectivity index (χ2n) is 6.52. The Balaban J connectivity index is 1.66. The van der Waals surface area contributed by atoms with E-state index in [-0.39, 0.29) is 18.4 Å². The van der Waals surface area contributed by atoms with Crippen LogP contribution in [0.4, 0.5) is 5.69 Å². The zero-order valence-corrected chi connectivity index (χ0v) is 15.0. The van der Waals surface area contributed by atoms with Crippen LogP contribution in [0.5, 0.6) is 0 Å². The molecule has 0 aliphatic carbocycles. The van der Waals surface area contributed by atoms with E-state index < -0.39 is 5.41 Å². The van der Waals surface area contributed by atoms with Gasteiger partial charge in [0.15, 0.2) is 0 Å². The molecule has 1 fully saturated rings. The van der Waals surface area contributed by atoms with Crippen molar-refractivity contribution >= 4 is 17.5 Å². The second-order valence-corrected chi connectivity index (χ2v) is 6.52. The van der Waals surface area contributed by atoms with Crippen LogP contribution in [0.1, 0.15) is 24.0 Å². The Morgan fingerprint density at radius 2 is 1.81 bits per heavy atom. The molecule has 2 amide bonds. The summed E-state index contributed by atoms with van der Waals surface area (Å²) in [6.45, 7) is 0.940. The Hall–Kier alpha value is -3.10. The Morgan fingerprint density at radius 3 is 2.52 bits per heavy atom. The molecule has 138 valence electrons. The molecule has 1 heterocycles. The van der Waals surface area contributed by atoms with Gasteiger partial charge in [0.2, 0.25) is 11.8 Å². The van der Waals surface area contributed by atoms with E-state index >= 15 is 0 Å². The number of ether oxygens (including phenoxy) is 1. The van der Waals surface area contributed by atoms with Crippen LogP contribution in [0, 0.1) is 12.3 Å². The van der Waals surface area contributed by atoms with Gasteiger partial charge >= 0.3 is 0 Å². The molecule has 27 heavy (non-hydrogen) atoms. The molecule has 2 N–H and O–H groups in total. The third-order valence-electron chi connectivity index (χ3n) is 4.83. The van der Waals surface area contributed by atoms with Crippen molar-refractivity contribution < 1.29 is 14.3 Å². The van der Waals surface area contributed by atoms with Crippen molar-refractivity contribution in [1.29, 1.82) is 0 Å². The van der Waals surface area contributed by atoms with Crippen LogP contribution in [0.25, 0.3) is 0 Å². The third kappa shape index (κ3) is 4.36. The molecule has 2 aromatic rings. The van der Waals surface area contributed by atoms with E-state index in [1.807, 2.05) is 30.3 Å². The molecule has 1 aliphatic rings. The van der Waals surface area contributed by atoms with Gasteiger partial charge in [-0.3, -0.25) is 9.59 Å². The summed E-state index contributed by atoms with van der Waals surface area (Å²) in [6.07, 6.45) is 6.55. The quantitative estimate of drug-likeness (QED) is 0.803. The first-order valence-electron chi connectivity index (χ1n) is 8.92. The number of rotatable bonds is 5. The lowest BCUT2D eigenvalue weighted by molar-refractivity contribution is -0.132. The van der Waals surface area contributed by atoms with Crippen LogP contribution in [-0.2, 0) is 19.7 Å². The molecule has 0 atom stereocenters. The van der Waals surface area contributed by atoms with Crippen molar-refractivity contribution in [2.45, 2.75) is 18.3 Å². The summed E-state index contributed by atoms with van der Waals surface area (Å²) >= 11 is 0. The van der Waals surface area contributed by atoms with Crippen molar-refractivity contribution in [3.8, 4) is 12.3 Å². The summed E-state index contributed by atoms with van der Waals surface area (Å²) in [5, 5.41) is 5.55. The summed E-state index contributed by atoms with van der Waals surface area (Å²) in [5.41, 5.74) is 1.58. The van der Waals surface area contributed by atoms with Gasteiger partial charge in [-0.1, -0.05) is 42.3 Å². The molecule has 1 saturated heterocycles. The highest BCUT2D eigenvalue weighted by atomic mass is 16.5. The maximum atomic E-state index is 13.0. The van der Waals surface area contributed by atoms with Gasteiger partial charge in [-0.15, -0.1) is 6.42 Å². The largest absolute Gasteiger partial charge is 0.381 e. The lowest BCUT2D eigenvalue weighted by atomic mass is 9.73. The minimum atomic E-state index is -0.664. The van der Waals surface area contributed by atoms with Crippen LogP contribution in [0.3, 0.4) is 0 Å². The Kier molecular flexibility index (Phi) is 5.90. The zero-order valence-electron chi connectivity index (χ0n) is 15.0. The van der Waals surface area contributed by atoms with Crippen LogP contribution >= 0.6 is 0 Å². The highest BCUT2D eigenvalue weighted by Crippen LogP contribution is 2.35. The number of carbonyl (C=O) groups excluding carboxylic acids is 2. The molecule has 0 radical (unpaired) electrons. The van der Waals surface area contributed by atoms with Crippen LogP contribution in [0.15, 0.2) is 54.6 Å². The summed E-state index contributed by atoms with van der Waals surface area (Å²) in [5.74, 6) is 2.08. The first kappa shape index (κ1) is 18.7. The van der Waals surface area contributed by atoms with Gasteiger partial charge in [-0.25, -0.2) is 0 Å². The van der Waals surface area contributed by atoms with Gasteiger partial charge in [-0.05, 0) is 36.6 Å². The lowest BCUT2D eigenvalue weighted by Gasteiger charge is -2.36. The van der Waals surface area contributed by atoms with E-state index in [1.165, 1.54) is 0 Å². The number of hydrogen-bond donors (Lipinski definition) is 2. The van der Waals surface area contributed by atoms with E-state index in [0.717, 1.165) is 5.56 Å². The molecule has 5 nitrogen and oxygen atoms in total. The van der Waals surface area contributed by atoms with Crippen molar-refractivity contribution in [2.75, 3.05) is 25.1 Å². The molecule has 0 saturated carbocycles. The number of amides is 2. The first-order valence-corrected chi connectivity index (χ1v) is 8.92. The zero-order chi connectivity index (χ0) is 19.1. The Morgan fingerprint density at radius 1 is 1.07 bits per heavy atom. The van der Waals surface area contributed by atoms with Crippen LogP contribution in [-0.4, -0.2) is 31.6 Å². The average molecular weight is 362 g/mol. The maximum Gasteiger partial charge on any atom is 0.243 e. The number of terminal acetylenes is 1. The SMILES string of the molecule is C#Cc1cccc(NC(=O)CNC(=O)C2(c3ccccc3)CCOCC2)c1. The normalized spacial score (nSPS) is 15.4. The maximum absolute atomic E-state index is 13.0. The van der Waals surface area contributed by atoms with Gasteiger partial charge in [-0.2, -0.15) is 0 Å². The minimum absolute atomic E-state index is 0.103. The molecule has 0 aromatic heterocycles. The van der Waals surface area contributed by atoms with E-state index in [0.29, 0.717) is 37.3 Å². The predicted octanol–water partition coefficient (Wildman–Crippen LogP) is 2.47. The van der Waals surface area contributed by atoms with Crippen LogP contribution < -0.4 is 10.6 Å². The lowest BCUT2D eigenvalue weighted by Crippen LogP contribution is -2.49. The molecule has 1 aliphatic heterocycles. The first-order chi connectivity index (χ1) is 13.1. The molecular weight excluding hydrogens is 340 g/mol. The minimum Gasteiger partial charge on any atom is -0.381 e. The summed E-state index contributed by atoms with van der Waals surface area (Å²) in [4.78, 5) is 25.2. The molecule has 0 spiro atoms. The van der Waals surface area contributed by atoms with E-state index in [1.54, 1.807) is 24.3 Å². The van der Waals surface area contributed by atoms with Gasteiger partial charge in [0.25, 0.3) is 0 Å². The number of carbonyl (C=O) groups is 2. The highest BCUT2D eigenvalue weighted by Gasteiger charge is 2.41. The van der Waals surface area contributed by atoms with Crippen molar-refractivity contribution in [3.05, 3.63) is 65.7 Å². The van der Waals surface area contributed by atoms with Crippen molar-refractivity contribution in [1.82, 2.24) is 5.32 Å². The fraction of sp³-hybridized carbons (Fsp3) is 0.273. The van der Waals surface area contributed by atoms with E-state index in [9.17, 15) is 9.59 Å². The predicted molar refractivity (Wildman–Crippen MR) is 104 cm³/mol. The fourth-order valence-corrected chi connectivity index (χ4v) is 3.35. The number of benzene rings is 2. The van der Waals surface area contributed by atoms with Gasteiger partial charge in [0.05, 0.1) is 12.0 Å². The number of hydrogen-bond acceptors (Lipinski definition) is 3. The van der Waals surface area contributed by atoms with Gasteiger partial charge in [0, 0.05) is 24.5 Å². The number of anilines is 1. The summed E-state index contributed by atoms with van der Waals surface area (Å²) in [7, 11) is 0. The standard InChI is InChI=1S/C22H22N2O3/c1-2-17-7-6-10-19(15-17)24-20(25)16-23-21(26)22(11-13-27-14-12-22)18-8-4-3-5-9-18/h1,3-10,15H,11-14,16H2,(H,23,26)(H,24,25). The molecule has 5 heteroatoms. The number of nitrogens with one attached hydrogen (secondary N) is 2. The third-order valence-corrected chi connectivity index (χ3v) is 4.83. The summed E-state index contributed by atoms with van der Waals surface area (Å²) < 4.78 is 5.45. The average Bonchev–Trinajstić information content (AvgIpc) is 2.73. The molecular formula is C22H22N2O3. The Labute approximate surface area is 159 Å². The molecule has 0 bridgehead atoms. The fourth-order valence-electron chi connectivity index (χ4n) is 3.35. The monoisotopic (exact) mass is 362 g/mol. The van der Waals surface area contributed by atoms with E-state index in [2.05, 4.69) is 16.6 Å². The van der Waals surface area contributed by atoms with Crippen molar-refractivity contribution in [2.24, 2.45) is 0 Å². The molecule has 3 rings (SSSR count). The van der Waals surface area contributed by atoms with Gasteiger partial charge in [0.1, 0.15) is 0 Å². The Bertz CT molecular complexity index is 849. The van der Waals surface area contributed by atoms with Crippen LogP contribution in [0.2, 0.25) is 0 Å². The molecule has 0 unspecified atom stereocenters. The second kappa shape index (κ2) is 8.52. The summed E-state index contributed by atoms with van der Waals surface area (Å²) in [6, 6.07) is 16.7.